The van der Waals surface area contributed by atoms with E-state index in [9.17, 15) is 0 Å². The number of rotatable bonds is 8. The maximum Gasteiger partial charge on any atom is 0.154 e. The molecule has 0 aromatic heterocycles. The van der Waals surface area contributed by atoms with Crippen molar-refractivity contribution < 1.29 is 4.58 Å². The van der Waals surface area contributed by atoms with Crippen LogP contribution in [-0.4, -0.2) is 24.4 Å². The highest BCUT2D eigenvalue weighted by molar-refractivity contribution is 5.82. The van der Waals surface area contributed by atoms with Crippen molar-refractivity contribution in [1.29, 1.82) is 0 Å². The Kier molecular flexibility index (Phi) is 9.18. The van der Waals surface area contributed by atoms with E-state index in [4.69, 9.17) is 0 Å². The fraction of sp³-hybridized carbons (Fsp3) is 0.960. The molecule has 0 aliphatic heterocycles. The minimum absolute atomic E-state index is 0.876. The molecule has 2 fully saturated rings. The molecule has 26 heavy (non-hydrogen) atoms. The Morgan fingerprint density at radius 1 is 0.846 bits per heavy atom. The summed E-state index contributed by atoms with van der Waals surface area (Å²) in [5.41, 5.74) is 1.75. The molecule has 6 unspecified atom stereocenters. The van der Waals surface area contributed by atoms with Gasteiger partial charge in [-0.1, -0.05) is 79.1 Å². The zero-order valence-corrected chi connectivity index (χ0v) is 18.9. The average Bonchev–Trinajstić information content (AvgIpc) is 3.30. The Labute approximate surface area is 165 Å². The molecule has 0 heterocycles. The predicted molar refractivity (Wildman–Crippen MR) is 116 cm³/mol. The summed E-state index contributed by atoms with van der Waals surface area (Å²) in [4.78, 5) is 0. The maximum absolute atomic E-state index is 2.47. The van der Waals surface area contributed by atoms with Gasteiger partial charge in [0.05, 0.1) is 0 Å². The molecule has 2 aliphatic carbocycles. The molecule has 2 rings (SSSR count). The van der Waals surface area contributed by atoms with Crippen LogP contribution in [0.2, 0.25) is 0 Å². The van der Waals surface area contributed by atoms with E-state index in [0.717, 1.165) is 35.5 Å². The van der Waals surface area contributed by atoms with Crippen LogP contribution < -0.4 is 0 Å². The highest BCUT2D eigenvalue weighted by atomic mass is 14.9. The van der Waals surface area contributed by atoms with E-state index >= 15 is 0 Å². The van der Waals surface area contributed by atoms with Crippen molar-refractivity contribution >= 4 is 5.71 Å². The SMILES string of the molecule is CCCCC1CCCC(C(CC)=[N+](C)C)C2C(CCC)C2CCC1CC. The van der Waals surface area contributed by atoms with Gasteiger partial charge in [0.2, 0.25) is 0 Å². The van der Waals surface area contributed by atoms with Crippen molar-refractivity contribution in [3.63, 3.8) is 0 Å². The van der Waals surface area contributed by atoms with Gasteiger partial charge < -0.3 is 0 Å². The third-order valence-electron chi connectivity index (χ3n) is 7.93. The molecule has 1 heteroatoms. The van der Waals surface area contributed by atoms with Crippen LogP contribution in [0.3, 0.4) is 0 Å². The van der Waals surface area contributed by atoms with Gasteiger partial charge in [-0.2, -0.15) is 0 Å². The molecule has 0 bridgehead atoms. The van der Waals surface area contributed by atoms with E-state index in [1.807, 2.05) is 0 Å². The molecule has 0 amide bonds. The van der Waals surface area contributed by atoms with E-state index < -0.39 is 0 Å². The van der Waals surface area contributed by atoms with Gasteiger partial charge in [0.15, 0.2) is 5.71 Å². The lowest BCUT2D eigenvalue weighted by Crippen LogP contribution is -2.27. The summed E-state index contributed by atoms with van der Waals surface area (Å²) in [5, 5.41) is 0. The topological polar surface area (TPSA) is 3.01 Å². The molecular weight excluding hydrogens is 314 g/mol. The van der Waals surface area contributed by atoms with Gasteiger partial charge in [0, 0.05) is 12.3 Å². The summed E-state index contributed by atoms with van der Waals surface area (Å²) in [6, 6.07) is 0. The third kappa shape index (κ3) is 5.35. The number of hydrogen-bond acceptors (Lipinski definition) is 0. The van der Waals surface area contributed by atoms with E-state index in [1.165, 1.54) is 77.0 Å². The number of unbranched alkanes of at least 4 members (excludes halogenated alkanes) is 1. The zero-order chi connectivity index (χ0) is 19.1. The van der Waals surface area contributed by atoms with Crippen LogP contribution in [-0.2, 0) is 0 Å². The second-order valence-electron chi connectivity index (χ2n) is 9.62. The summed E-state index contributed by atoms with van der Waals surface area (Å²) >= 11 is 0. The Morgan fingerprint density at radius 2 is 1.62 bits per heavy atom. The smallest absolute Gasteiger partial charge is 0.154 e. The zero-order valence-electron chi connectivity index (χ0n) is 18.9. The first kappa shape index (κ1) is 22.0. The molecular formula is C25H48N+. The summed E-state index contributed by atoms with van der Waals surface area (Å²) in [6.07, 6.45) is 17.3. The van der Waals surface area contributed by atoms with Crippen molar-refractivity contribution in [1.82, 2.24) is 0 Å². The molecule has 0 spiro atoms. The molecule has 0 aromatic carbocycles. The van der Waals surface area contributed by atoms with Crippen molar-refractivity contribution in [2.24, 2.45) is 35.5 Å². The first-order valence-electron chi connectivity index (χ1n) is 12.1. The Morgan fingerprint density at radius 3 is 2.19 bits per heavy atom. The Hall–Kier alpha value is -0.330. The second kappa shape index (κ2) is 10.9. The lowest BCUT2D eigenvalue weighted by Gasteiger charge is -2.29. The largest absolute Gasteiger partial charge is 0.242 e. The molecule has 0 radical (unpaired) electrons. The van der Waals surface area contributed by atoms with E-state index in [2.05, 4.69) is 46.4 Å². The van der Waals surface area contributed by atoms with Gasteiger partial charge in [-0.25, -0.2) is 4.58 Å². The molecule has 152 valence electrons. The predicted octanol–water partition coefficient (Wildman–Crippen LogP) is 7.18. The highest BCUT2D eigenvalue weighted by Crippen LogP contribution is 2.58. The van der Waals surface area contributed by atoms with E-state index in [-0.39, 0.29) is 0 Å². The minimum Gasteiger partial charge on any atom is -0.242 e. The van der Waals surface area contributed by atoms with Crippen LogP contribution in [0.4, 0.5) is 0 Å². The van der Waals surface area contributed by atoms with Crippen LogP contribution in [0, 0.1) is 35.5 Å². The first-order chi connectivity index (χ1) is 12.6. The molecule has 2 saturated carbocycles. The van der Waals surface area contributed by atoms with E-state index in [1.54, 1.807) is 5.71 Å². The molecule has 0 aromatic rings. The summed E-state index contributed by atoms with van der Waals surface area (Å²) in [6.45, 7) is 9.60. The fourth-order valence-corrected chi connectivity index (χ4v) is 6.57. The summed E-state index contributed by atoms with van der Waals surface area (Å²) < 4.78 is 2.47. The van der Waals surface area contributed by atoms with Crippen LogP contribution in [0.15, 0.2) is 0 Å². The number of nitrogens with zero attached hydrogens (tertiary/aromatic N) is 1. The highest BCUT2D eigenvalue weighted by Gasteiger charge is 2.54. The normalized spacial score (nSPS) is 34.8. The van der Waals surface area contributed by atoms with E-state index in [0.29, 0.717) is 0 Å². The molecule has 1 nitrogen and oxygen atoms in total. The maximum atomic E-state index is 2.47. The summed E-state index contributed by atoms with van der Waals surface area (Å²) in [7, 11) is 4.59. The third-order valence-corrected chi connectivity index (χ3v) is 7.93. The standard InChI is InChI=1S/C25H48N/c1-7-11-14-20-15-12-16-23(24(10-4)26(5)6)25-21(13-8-2)22(25)18-17-19(20)9-3/h19-23,25H,7-18H2,1-6H3/q+1. The minimum atomic E-state index is 0.876. The van der Waals surface area contributed by atoms with Gasteiger partial charge in [0.25, 0.3) is 0 Å². The van der Waals surface area contributed by atoms with Crippen molar-refractivity contribution in [2.75, 3.05) is 14.1 Å². The van der Waals surface area contributed by atoms with Crippen LogP contribution >= 0.6 is 0 Å². The van der Waals surface area contributed by atoms with Gasteiger partial charge in [-0.15, -0.1) is 0 Å². The Balaban J connectivity index is 2.17. The van der Waals surface area contributed by atoms with Crippen molar-refractivity contribution in [2.45, 2.75) is 105 Å². The van der Waals surface area contributed by atoms with Crippen molar-refractivity contribution in [3.05, 3.63) is 0 Å². The molecule has 2 aliphatic rings. The number of hydrogen-bond donors (Lipinski definition) is 0. The van der Waals surface area contributed by atoms with Crippen LogP contribution in [0.5, 0.6) is 0 Å². The molecule has 0 saturated heterocycles. The average molecular weight is 363 g/mol. The van der Waals surface area contributed by atoms with Crippen molar-refractivity contribution in [3.8, 4) is 0 Å². The van der Waals surface area contributed by atoms with Gasteiger partial charge in [0.1, 0.15) is 14.1 Å². The lowest BCUT2D eigenvalue weighted by atomic mass is 9.77. The van der Waals surface area contributed by atoms with Gasteiger partial charge in [-0.3, -0.25) is 0 Å². The molecule has 6 atom stereocenters. The first-order valence-corrected chi connectivity index (χ1v) is 12.1. The number of fused-ring (bicyclic) bond motifs is 1. The van der Waals surface area contributed by atoms with Crippen LogP contribution in [0.1, 0.15) is 105 Å². The van der Waals surface area contributed by atoms with Gasteiger partial charge in [-0.05, 0) is 48.9 Å². The fourth-order valence-electron chi connectivity index (χ4n) is 6.57. The second-order valence-corrected chi connectivity index (χ2v) is 9.62. The quantitative estimate of drug-likeness (QED) is 0.317. The lowest BCUT2D eigenvalue weighted by molar-refractivity contribution is -0.468. The van der Waals surface area contributed by atoms with Crippen LogP contribution in [0.25, 0.3) is 0 Å². The molecule has 0 N–H and O–H groups in total. The van der Waals surface area contributed by atoms with Gasteiger partial charge >= 0.3 is 0 Å². The Bertz CT molecular complexity index is 433. The monoisotopic (exact) mass is 362 g/mol. The summed E-state index contributed by atoms with van der Waals surface area (Å²) in [5.74, 6) is 5.98.